The summed E-state index contributed by atoms with van der Waals surface area (Å²) in [6.07, 6.45) is 2.11. The third-order valence-corrected chi connectivity index (χ3v) is 7.48. The van der Waals surface area contributed by atoms with E-state index in [1.54, 1.807) is 53.4 Å². The number of nitrogens with one attached hydrogen (secondary N) is 3. The van der Waals surface area contributed by atoms with E-state index in [2.05, 4.69) is 32.8 Å². The Hall–Kier alpha value is -3.47. The van der Waals surface area contributed by atoms with E-state index in [0.29, 0.717) is 42.3 Å². The average molecular weight is 569 g/mol. The summed E-state index contributed by atoms with van der Waals surface area (Å²) in [5, 5.41) is 8.90. The molecule has 2 aliphatic rings. The number of anilines is 2. The van der Waals surface area contributed by atoms with E-state index >= 15 is 0 Å². The van der Waals surface area contributed by atoms with Crippen LogP contribution in [0.25, 0.3) is 0 Å². The van der Waals surface area contributed by atoms with Crippen LogP contribution >= 0.6 is 11.6 Å². The van der Waals surface area contributed by atoms with E-state index in [0.717, 1.165) is 44.7 Å². The van der Waals surface area contributed by atoms with Gasteiger partial charge < -0.3 is 25.8 Å². The van der Waals surface area contributed by atoms with Crippen LogP contribution < -0.4 is 20.9 Å². The molecule has 10 nitrogen and oxygen atoms in total. The zero-order chi connectivity index (χ0) is 28.5. The lowest BCUT2D eigenvalue weighted by molar-refractivity contribution is -0.126. The molecule has 214 valence electrons. The molecule has 2 aromatic carbocycles. The Balaban J connectivity index is 1.38. The van der Waals surface area contributed by atoms with Gasteiger partial charge in [0.15, 0.2) is 0 Å². The smallest absolute Gasteiger partial charge is 0.251 e. The first-order chi connectivity index (χ1) is 19.3. The van der Waals surface area contributed by atoms with E-state index < -0.39 is 23.8 Å². The standard InChI is InChI=1S/C29H37ClN6O4/c1-34-16-18-35(19-17-34)15-13-31-29(40)25(20-26(37)32-23-9-7-22(30)8-10-23)33-28(39)21-5-11-24(12-6-21)36-14-3-2-4-27(36)38/h5-12,25H,2-4,13-20H2,1H3,(H,31,40)(H,32,37)(H,33,39)/t25-/m0/s1. The maximum absolute atomic E-state index is 13.1. The number of piperazine rings is 1. The molecule has 2 aliphatic heterocycles. The van der Waals surface area contributed by atoms with E-state index in [4.69, 9.17) is 11.6 Å². The third kappa shape index (κ3) is 8.51. The molecular weight excluding hydrogens is 532 g/mol. The van der Waals surface area contributed by atoms with E-state index in [-0.39, 0.29) is 12.3 Å². The number of likely N-dealkylation sites (N-methyl/N-ethyl adjacent to an activating group) is 1. The zero-order valence-electron chi connectivity index (χ0n) is 22.8. The van der Waals surface area contributed by atoms with Gasteiger partial charge in [-0.1, -0.05) is 11.6 Å². The Morgan fingerprint density at radius 3 is 2.30 bits per heavy atom. The number of hydrogen-bond donors (Lipinski definition) is 3. The first-order valence-electron chi connectivity index (χ1n) is 13.7. The third-order valence-electron chi connectivity index (χ3n) is 7.23. The molecule has 0 saturated carbocycles. The number of rotatable bonds is 10. The van der Waals surface area contributed by atoms with Gasteiger partial charge in [0.25, 0.3) is 5.91 Å². The number of amides is 4. The number of hydrogen-bond acceptors (Lipinski definition) is 6. The molecule has 0 aromatic heterocycles. The maximum atomic E-state index is 13.1. The van der Waals surface area contributed by atoms with Crippen LogP contribution in [0.1, 0.15) is 36.0 Å². The van der Waals surface area contributed by atoms with Gasteiger partial charge in [-0.05, 0) is 68.4 Å². The van der Waals surface area contributed by atoms with Crippen LogP contribution in [-0.2, 0) is 14.4 Å². The molecular formula is C29H37ClN6O4. The minimum atomic E-state index is -1.07. The van der Waals surface area contributed by atoms with Crippen LogP contribution in [0, 0.1) is 0 Å². The molecule has 2 fully saturated rings. The van der Waals surface area contributed by atoms with E-state index in [9.17, 15) is 19.2 Å². The summed E-state index contributed by atoms with van der Waals surface area (Å²) in [6, 6.07) is 12.3. The highest BCUT2D eigenvalue weighted by Gasteiger charge is 2.26. The lowest BCUT2D eigenvalue weighted by Crippen LogP contribution is -2.51. The van der Waals surface area contributed by atoms with Crippen LogP contribution in [0.4, 0.5) is 11.4 Å². The van der Waals surface area contributed by atoms with Crippen molar-refractivity contribution in [3.05, 3.63) is 59.1 Å². The summed E-state index contributed by atoms with van der Waals surface area (Å²) in [6.45, 7) is 5.55. The van der Waals surface area contributed by atoms with Gasteiger partial charge in [-0.2, -0.15) is 0 Å². The van der Waals surface area contributed by atoms with Crippen molar-refractivity contribution in [3.63, 3.8) is 0 Å². The second-order valence-corrected chi connectivity index (χ2v) is 10.7. The van der Waals surface area contributed by atoms with Crippen molar-refractivity contribution in [1.29, 1.82) is 0 Å². The van der Waals surface area contributed by atoms with Crippen molar-refractivity contribution in [2.75, 3.05) is 63.1 Å². The Kier molecular flexibility index (Phi) is 10.5. The van der Waals surface area contributed by atoms with Crippen LogP contribution in [0.15, 0.2) is 48.5 Å². The van der Waals surface area contributed by atoms with Crippen molar-refractivity contribution >= 4 is 46.6 Å². The normalized spacial score (nSPS) is 17.2. The average Bonchev–Trinajstić information content (AvgIpc) is 2.95. The second-order valence-electron chi connectivity index (χ2n) is 10.3. The Labute approximate surface area is 240 Å². The molecule has 2 heterocycles. The van der Waals surface area contributed by atoms with Crippen molar-refractivity contribution in [2.24, 2.45) is 0 Å². The Bertz CT molecular complexity index is 1180. The fourth-order valence-corrected chi connectivity index (χ4v) is 4.91. The number of nitrogens with zero attached hydrogens (tertiary/aromatic N) is 3. The summed E-state index contributed by atoms with van der Waals surface area (Å²) < 4.78 is 0. The van der Waals surface area contributed by atoms with Gasteiger partial charge in [-0.25, -0.2) is 0 Å². The van der Waals surface area contributed by atoms with Gasteiger partial charge >= 0.3 is 0 Å². The minimum absolute atomic E-state index is 0.0726. The Morgan fingerprint density at radius 1 is 0.925 bits per heavy atom. The molecule has 2 saturated heterocycles. The quantitative estimate of drug-likeness (QED) is 0.405. The number of carbonyl (C=O) groups excluding carboxylic acids is 4. The molecule has 0 bridgehead atoms. The molecule has 0 unspecified atom stereocenters. The topological polar surface area (TPSA) is 114 Å². The van der Waals surface area contributed by atoms with Crippen molar-refractivity contribution < 1.29 is 19.2 Å². The largest absolute Gasteiger partial charge is 0.353 e. The fraction of sp³-hybridized carbons (Fsp3) is 0.448. The highest BCUT2D eigenvalue weighted by Crippen LogP contribution is 2.21. The van der Waals surface area contributed by atoms with Crippen LogP contribution in [-0.4, -0.2) is 92.3 Å². The molecule has 0 radical (unpaired) electrons. The number of carbonyl (C=O) groups is 4. The van der Waals surface area contributed by atoms with Crippen molar-refractivity contribution in [1.82, 2.24) is 20.4 Å². The summed E-state index contributed by atoms with van der Waals surface area (Å²) in [4.78, 5) is 57.6. The van der Waals surface area contributed by atoms with Crippen LogP contribution in [0.2, 0.25) is 5.02 Å². The highest BCUT2D eigenvalue weighted by molar-refractivity contribution is 6.30. The van der Waals surface area contributed by atoms with Gasteiger partial charge in [0.1, 0.15) is 6.04 Å². The monoisotopic (exact) mass is 568 g/mol. The zero-order valence-corrected chi connectivity index (χ0v) is 23.6. The van der Waals surface area contributed by atoms with Gasteiger partial charge in [0.2, 0.25) is 17.7 Å². The van der Waals surface area contributed by atoms with Crippen LogP contribution in [0.5, 0.6) is 0 Å². The number of piperidine rings is 1. The fourth-order valence-electron chi connectivity index (χ4n) is 4.79. The predicted octanol–water partition coefficient (Wildman–Crippen LogP) is 2.35. The summed E-state index contributed by atoms with van der Waals surface area (Å²) >= 11 is 5.92. The van der Waals surface area contributed by atoms with Gasteiger partial charge in [0, 0.05) is 74.2 Å². The molecule has 0 aliphatic carbocycles. The maximum Gasteiger partial charge on any atom is 0.251 e. The summed E-state index contributed by atoms with van der Waals surface area (Å²) in [7, 11) is 2.09. The predicted molar refractivity (Wildman–Crippen MR) is 156 cm³/mol. The molecule has 3 N–H and O–H groups in total. The molecule has 1 atom stereocenters. The lowest BCUT2D eigenvalue weighted by Gasteiger charge is -2.32. The summed E-state index contributed by atoms with van der Waals surface area (Å²) in [5.74, 6) is -1.25. The summed E-state index contributed by atoms with van der Waals surface area (Å²) in [5.41, 5.74) is 1.61. The first kappa shape index (κ1) is 29.5. The van der Waals surface area contributed by atoms with Crippen molar-refractivity contribution in [2.45, 2.75) is 31.7 Å². The molecule has 40 heavy (non-hydrogen) atoms. The number of benzene rings is 2. The van der Waals surface area contributed by atoms with Gasteiger partial charge in [-0.3, -0.25) is 24.1 Å². The van der Waals surface area contributed by atoms with E-state index in [1.807, 2.05) is 0 Å². The highest BCUT2D eigenvalue weighted by atomic mass is 35.5. The Morgan fingerprint density at radius 2 is 1.62 bits per heavy atom. The van der Waals surface area contributed by atoms with Crippen LogP contribution in [0.3, 0.4) is 0 Å². The first-order valence-corrected chi connectivity index (χ1v) is 14.1. The molecule has 4 rings (SSSR count). The van der Waals surface area contributed by atoms with Gasteiger partial charge in [0.05, 0.1) is 6.42 Å². The van der Waals surface area contributed by atoms with Crippen molar-refractivity contribution in [3.8, 4) is 0 Å². The minimum Gasteiger partial charge on any atom is -0.353 e. The molecule has 0 spiro atoms. The lowest BCUT2D eigenvalue weighted by atomic mass is 10.1. The van der Waals surface area contributed by atoms with E-state index in [1.165, 1.54) is 0 Å². The molecule has 4 amide bonds. The van der Waals surface area contributed by atoms with Gasteiger partial charge in [-0.15, -0.1) is 0 Å². The molecule has 2 aromatic rings. The molecule has 11 heteroatoms. The second kappa shape index (κ2) is 14.2. The SMILES string of the molecule is CN1CCN(CCNC(=O)[C@H](CC(=O)Nc2ccc(Cl)cc2)NC(=O)c2ccc(N3CCCCC3=O)cc2)CC1. The number of halogens is 1.